The van der Waals surface area contributed by atoms with Crippen LogP contribution in [0.4, 0.5) is 0 Å². The molecule has 0 spiro atoms. The van der Waals surface area contributed by atoms with E-state index in [0.29, 0.717) is 23.7 Å². The van der Waals surface area contributed by atoms with E-state index in [0.717, 1.165) is 41.1 Å². The number of pyridine rings is 1. The van der Waals surface area contributed by atoms with Crippen molar-refractivity contribution in [1.82, 2.24) is 19.4 Å². The van der Waals surface area contributed by atoms with Crippen molar-refractivity contribution < 1.29 is 13.2 Å². The van der Waals surface area contributed by atoms with E-state index in [1.807, 2.05) is 47.8 Å². The van der Waals surface area contributed by atoms with Crippen molar-refractivity contribution >= 4 is 15.7 Å². The van der Waals surface area contributed by atoms with Gasteiger partial charge in [-0.05, 0) is 73.6 Å². The molecule has 5 rings (SSSR count). The zero-order valence-corrected chi connectivity index (χ0v) is 19.5. The molecule has 1 aliphatic carbocycles. The van der Waals surface area contributed by atoms with E-state index < -0.39 is 9.84 Å². The van der Waals surface area contributed by atoms with Gasteiger partial charge >= 0.3 is 0 Å². The highest BCUT2D eigenvalue weighted by molar-refractivity contribution is 7.90. The van der Waals surface area contributed by atoms with Gasteiger partial charge in [-0.1, -0.05) is 0 Å². The number of imidazole rings is 1. The monoisotopic (exact) mass is 450 g/mol. The van der Waals surface area contributed by atoms with Gasteiger partial charge in [-0.15, -0.1) is 0 Å². The van der Waals surface area contributed by atoms with Gasteiger partial charge in [0.15, 0.2) is 15.7 Å². The minimum Gasteiger partial charge on any atom is -0.332 e. The Hall–Kier alpha value is -3.00. The summed E-state index contributed by atoms with van der Waals surface area (Å²) in [7, 11) is -1.67. The van der Waals surface area contributed by atoms with Gasteiger partial charge in [-0.25, -0.2) is 13.4 Å². The highest BCUT2D eigenvalue weighted by atomic mass is 32.2. The average Bonchev–Trinajstić information content (AvgIpc) is 3.46. The standard InChI is InChI=1S/C24H26N4O3S/c1-14-12-27(3)23(26-14)20-10-17(7-8-25-20)18-9-19-13-28(15(2)16-5-6-16)24(29)22(19)21(11-18)32(4,30)31/h7-12,15-16H,5-6,13H2,1-4H3/t15-/m0/s1. The Labute approximate surface area is 188 Å². The highest BCUT2D eigenvalue weighted by Gasteiger charge is 2.40. The van der Waals surface area contributed by atoms with Gasteiger partial charge in [0.2, 0.25) is 0 Å². The Morgan fingerprint density at radius 1 is 1.16 bits per heavy atom. The number of benzene rings is 1. The quantitative estimate of drug-likeness (QED) is 0.593. The number of nitrogens with zero attached hydrogens (tertiary/aromatic N) is 4. The Morgan fingerprint density at radius 2 is 1.91 bits per heavy atom. The van der Waals surface area contributed by atoms with Crippen molar-refractivity contribution in [1.29, 1.82) is 0 Å². The molecule has 1 atom stereocenters. The van der Waals surface area contributed by atoms with E-state index in [9.17, 15) is 13.2 Å². The van der Waals surface area contributed by atoms with E-state index in [1.54, 1.807) is 12.3 Å². The van der Waals surface area contributed by atoms with Crippen LogP contribution in [0, 0.1) is 12.8 Å². The molecule has 0 bridgehead atoms. The number of hydrogen-bond acceptors (Lipinski definition) is 5. The smallest absolute Gasteiger partial charge is 0.256 e. The molecule has 0 saturated heterocycles. The van der Waals surface area contributed by atoms with Crippen molar-refractivity contribution in [3.05, 3.63) is 53.5 Å². The summed E-state index contributed by atoms with van der Waals surface area (Å²) in [6, 6.07) is 7.46. The van der Waals surface area contributed by atoms with Crippen molar-refractivity contribution in [2.24, 2.45) is 13.0 Å². The van der Waals surface area contributed by atoms with Crippen LogP contribution in [-0.2, 0) is 23.4 Å². The molecule has 3 heterocycles. The Morgan fingerprint density at radius 3 is 2.53 bits per heavy atom. The molecule has 166 valence electrons. The third kappa shape index (κ3) is 3.52. The third-order valence-corrected chi connectivity index (χ3v) is 7.63. The van der Waals surface area contributed by atoms with Crippen LogP contribution in [0.15, 0.2) is 41.6 Å². The van der Waals surface area contributed by atoms with Crippen molar-refractivity contribution in [3.8, 4) is 22.6 Å². The lowest BCUT2D eigenvalue weighted by Gasteiger charge is -2.24. The first-order valence-electron chi connectivity index (χ1n) is 10.8. The molecule has 1 aliphatic heterocycles. The highest BCUT2D eigenvalue weighted by Crippen LogP contribution is 2.41. The van der Waals surface area contributed by atoms with Crippen LogP contribution in [0.3, 0.4) is 0 Å². The number of carbonyl (C=O) groups excluding carboxylic acids is 1. The predicted molar refractivity (Wildman–Crippen MR) is 122 cm³/mol. The molecule has 1 fully saturated rings. The average molecular weight is 451 g/mol. The molecular weight excluding hydrogens is 424 g/mol. The molecule has 3 aromatic rings. The molecule has 2 aliphatic rings. The van der Waals surface area contributed by atoms with Crippen LogP contribution >= 0.6 is 0 Å². The summed E-state index contributed by atoms with van der Waals surface area (Å²) in [6.45, 7) is 4.43. The lowest BCUT2D eigenvalue weighted by Crippen LogP contribution is -2.35. The number of rotatable bonds is 5. The van der Waals surface area contributed by atoms with Crippen molar-refractivity contribution in [2.45, 2.75) is 44.2 Å². The second-order valence-electron chi connectivity index (χ2n) is 9.04. The molecule has 1 aromatic carbocycles. The summed E-state index contributed by atoms with van der Waals surface area (Å²) in [4.78, 5) is 24.1. The number of aryl methyl sites for hydroxylation is 2. The molecule has 0 radical (unpaired) electrons. The van der Waals surface area contributed by atoms with Crippen LogP contribution in [0.25, 0.3) is 22.6 Å². The molecule has 1 saturated carbocycles. The molecular formula is C24H26N4O3S. The number of fused-ring (bicyclic) bond motifs is 1. The summed E-state index contributed by atoms with van der Waals surface area (Å²) in [5.74, 6) is 1.08. The summed E-state index contributed by atoms with van der Waals surface area (Å²) >= 11 is 0. The maximum atomic E-state index is 13.2. The van der Waals surface area contributed by atoms with Gasteiger partial charge in [0.25, 0.3) is 5.91 Å². The van der Waals surface area contributed by atoms with E-state index in [4.69, 9.17) is 0 Å². The Balaban J connectivity index is 1.62. The molecule has 7 nitrogen and oxygen atoms in total. The maximum absolute atomic E-state index is 13.2. The van der Waals surface area contributed by atoms with E-state index in [2.05, 4.69) is 16.9 Å². The Kier molecular flexibility index (Phi) is 4.74. The van der Waals surface area contributed by atoms with E-state index >= 15 is 0 Å². The normalized spacial score (nSPS) is 17.0. The van der Waals surface area contributed by atoms with Gasteiger partial charge in [-0.3, -0.25) is 9.78 Å². The van der Waals surface area contributed by atoms with Crippen LogP contribution in [-0.4, -0.2) is 46.1 Å². The molecule has 1 amide bonds. The number of hydrogen-bond donors (Lipinski definition) is 0. The topological polar surface area (TPSA) is 85.2 Å². The zero-order chi connectivity index (χ0) is 22.8. The first-order valence-corrected chi connectivity index (χ1v) is 12.7. The number of aromatic nitrogens is 3. The predicted octanol–water partition coefficient (Wildman–Crippen LogP) is 3.62. The van der Waals surface area contributed by atoms with Crippen LogP contribution in [0.1, 0.15) is 41.4 Å². The van der Waals surface area contributed by atoms with Gasteiger partial charge in [0, 0.05) is 38.3 Å². The summed E-state index contributed by atoms with van der Waals surface area (Å²) in [6.07, 6.45) is 7.05. The largest absolute Gasteiger partial charge is 0.332 e. The molecule has 8 heteroatoms. The molecule has 2 aromatic heterocycles. The fourth-order valence-electron chi connectivity index (χ4n) is 4.65. The fourth-order valence-corrected chi connectivity index (χ4v) is 5.58. The molecule has 32 heavy (non-hydrogen) atoms. The van der Waals surface area contributed by atoms with Crippen molar-refractivity contribution in [2.75, 3.05) is 6.26 Å². The fraction of sp³-hybridized carbons (Fsp3) is 0.375. The van der Waals surface area contributed by atoms with Gasteiger partial charge in [0.1, 0.15) is 5.69 Å². The van der Waals surface area contributed by atoms with Gasteiger partial charge in [-0.2, -0.15) is 0 Å². The third-order valence-electron chi connectivity index (χ3n) is 6.51. The summed E-state index contributed by atoms with van der Waals surface area (Å²) in [5.41, 5.74) is 4.30. The summed E-state index contributed by atoms with van der Waals surface area (Å²) in [5, 5.41) is 0. The SMILES string of the molecule is Cc1cn(C)c(-c2cc(-c3cc4c(c(S(C)(=O)=O)c3)C(=O)N([C@@H](C)C3CC3)C4)ccn2)n1. The van der Waals surface area contributed by atoms with Crippen molar-refractivity contribution in [3.63, 3.8) is 0 Å². The first kappa shape index (κ1) is 20.9. The van der Waals surface area contributed by atoms with Crippen LogP contribution < -0.4 is 0 Å². The minimum atomic E-state index is -3.59. The number of sulfone groups is 1. The Bertz CT molecular complexity index is 1360. The number of amides is 1. The maximum Gasteiger partial charge on any atom is 0.256 e. The second kappa shape index (κ2) is 7.27. The minimum absolute atomic E-state index is 0.103. The van der Waals surface area contributed by atoms with Gasteiger partial charge in [0.05, 0.1) is 16.2 Å². The second-order valence-corrected chi connectivity index (χ2v) is 11.0. The van der Waals surface area contributed by atoms with Crippen LogP contribution in [0.2, 0.25) is 0 Å². The van der Waals surface area contributed by atoms with E-state index in [1.165, 1.54) is 6.26 Å². The molecule has 0 unspecified atom stereocenters. The van der Waals surface area contributed by atoms with E-state index in [-0.39, 0.29) is 16.8 Å². The van der Waals surface area contributed by atoms with Crippen LogP contribution in [0.5, 0.6) is 0 Å². The zero-order valence-electron chi connectivity index (χ0n) is 18.7. The first-order chi connectivity index (χ1) is 15.1. The summed E-state index contributed by atoms with van der Waals surface area (Å²) < 4.78 is 27.3. The van der Waals surface area contributed by atoms with Gasteiger partial charge < -0.3 is 9.47 Å². The lowest BCUT2D eigenvalue weighted by atomic mass is 10.0. The number of carbonyl (C=O) groups is 1. The molecule has 0 N–H and O–H groups in total. The lowest BCUT2D eigenvalue weighted by molar-refractivity contribution is 0.0694.